The van der Waals surface area contributed by atoms with Crippen LogP contribution in [0.4, 0.5) is 9.59 Å². The Balaban J connectivity index is 1.24. The Morgan fingerprint density at radius 1 is 0.795 bits per heavy atom. The van der Waals surface area contributed by atoms with Gasteiger partial charge in [-0.05, 0) is 43.0 Å². The molecule has 0 spiro atoms. The number of ether oxygens (including phenoxy) is 5. The van der Waals surface area contributed by atoms with Crippen molar-refractivity contribution in [2.24, 2.45) is 0 Å². The molecule has 0 bridgehead atoms. The lowest BCUT2D eigenvalue weighted by Gasteiger charge is -2.19. The number of fused-ring (bicyclic) bond motifs is 3. The van der Waals surface area contributed by atoms with Gasteiger partial charge in [0, 0.05) is 25.4 Å². The van der Waals surface area contributed by atoms with Gasteiger partial charge < -0.3 is 39.6 Å². The van der Waals surface area contributed by atoms with Crippen LogP contribution in [0.5, 0.6) is 0 Å². The van der Waals surface area contributed by atoms with Crippen LogP contribution in [0.2, 0.25) is 0 Å². The first-order valence-corrected chi connectivity index (χ1v) is 14.7. The molecule has 0 saturated heterocycles. The van der Waals surface area contributed by atoms with E-state index < -0.39 is 29.7 Å². The van der Waals surface area contributed by atoms with Gasteiger partial charge in [-0.15, -0.1) is 12.3 Å². The van der Waals surface area contributed by atoms with Crippen molar-refractivity contribution in [1.82, 2.24) is 16.0 Å². The van der Waals surface area contributed by atoms with Crippen LogP contribution in [0, 0.1) is 12.3 Å². The van der Waals surface area contributed by atoms with Gasteiger partial charge in [-0.1, -0.05) is 48.5 Å². The fourth-order valence-corrected chi connectivity index (χ4v) is 4.56. The molecule has 0 saturated carbocycles. The highest BCUT2D eigenvalue weighted by molar-refractivity contribution is 5.86. The molecule has 1 atom stereocenters. The van der Waals surface area contributed by atoms with Crippen LogP contribution < -0.4 is 16.0 Å². The molecule has 1 aliphatic carbocycles. The van der Waals surface area contributed by atoms with E-state index in [1.54, 1.807) is 20.8 Å². The quantitative estimate of drug-likeness (QED) is 0.183. The maximum absolute atomic E-state index is 12.6. The Labute approximate surface area is 259 Å². The molecule has 2 aromatic carbocycles. The first-order chi connectivity index (χ1) is 21.2. The van der Waals surface area contributed by atoms with E-state index in [1.165, 1.54) is 0 Å². The summed E-state index contributed by atoms with van der Waals surface area (Å²) in [5.74, 6) is 1.91. The number of benzene rings is 2. The second-order valence-electron chi connectivity index (χ2n) is 11.0. The summed E-state index contributed by atoms with van der Waals surface area (Å²) in [4.78, 5) is 36.8. The lowest BCUT2D eigenvalue weighted by molar-refractivity contribution is -0.123. The molecular weight excluding hydrogens is 566 g/mol. The lowest BCUT2D eigenvalue weighted by atomic mass is 9.98. The maximum atomic E-state index is 12.6. The van der Waals surface area contributed by atoms with E-state index in [1.807, 2.05) is 36.4 Å². The minimum Gasteiger partial charge on any atom is -0.449 e. The summed E-state index contributed by atoms with van der Waals surface area (Å²) in [6, 6.07) is 15.2. The minimum absolute atomic E-state index is 0.0177. The van der Waals surface area contributed by atoms with Crippen molar-refractivity contribution >= 4 is 18.1 Å². The zero-order valence-corrected chi connectivity index (χ0v) is 25.7. The van der Waals surface area contributed by atoms with E-state index in [-0.39, 0.29) is 32.1 Å². The van der Waals surface area contributed by atoms with E-state index in [0.29, 0.717) is 39.6 Å². The number of hydrogen-bond acceptors (Lipinski definition) is 8. The first kappa shape index (κ1) is 34.4. The highest BCUT2D eigenvalue weighted by Crippen LogP contribution is 2.44. The van der Waals surface area contributed by atoms with E-state index >= 15 is 0 Å². The fourth-order valence-electron chi connectivity index (χ4n) is 4.56. The third-order valence-electron chi connectivity index (χ3n) is 6.48. The van der Waals surface area contributed by atoms with E-state index in [4.69, 9.17) is 30.1 Å². The first-order valence-electron chi connectivity index (χ1n) is 14.7. The molecule has 3 rings (SSSR count). The van der Waals surface area contributed by atoms with Gasteiger partial charge in [0.15, 0.2) is 0 Å². The summed E-state index contributed by atoms with van der Waals surface area (Å²) in [6.45, 7) is 8.15. The standard InChI is InChI=1S/C33H43N3O8/c1-5-10-29(36-32(39)43-23-28-26-13-8-6-11-24(26)25-12-7-9-14-27(25)28)30(37)34-15-17-40-19-21-42-22-20-41-18-16-35-31(38)44-33(2,3)4/h1,6-9,11-14,28-29H,10,15-23H2,2-4H3,(H,34,37)(H,35,38)(H,36,39)/t29-/m0/s1. The SMILES string of the molecule is C#CC[C@H](NC(=O)OCC1c2ccccc2-c2ccccc21)C(=O)NCCOCCOCCOCCNC(=O)OC(C)(C)C. The molecule has 44 heavy (non-hydrogen) atoms. The minimum atomic E-state index is -0.932. The summed E-state index contributed by atoms with van der Waals surface area (Å²) in [6.07, 6.45) is 4.26. The maximum Gasteiger partial charge on any atom is 0.407 e. The molecule has 0 unspecified atom stereocenters. The zero-order valence-electron chi connectivity index (χ0n) is 25.7. The fraction of sp³-hybridized carbons (Fsp3) is 0.485. The van der Waals surface area contributed by atoms with Gasteiger partial charge in [0.25, 0.3) is 0 Å². The average molecular weight is 610 g/mol. The number of terminal acetylenes is 1. The highest BCUT2D eigenvalue weighted by Gasteiger charge is 2.29. The normalized spacial score (nSPS) is 12.8. The second kappa shape index (κ2) is 17.9. The summed E-state index contributed by atoms with van der Waals surface area (Å²) < 4.78 is 27.0. The molecule has 3 N–H and O–H groups in total. The van der Waals surface area contributed by atoms with Crippen molar-refractivity contribution in [2.75, 3.05) is 59.3 Å². The Morgan fingerprint density at radius 3 is 1.86 bits per heavy atom. The monoisotopic (exact) mass is 609 g/mol. The van der Waals surface area contributed by atoms with Gasteiger partial charge in [0.1, 0.15) is 18.2 Å². The lowest BCUT2D eigenvalue weighted by Crippen LogP contribution is -2.47. The summed E-state index contributed by atoms with van der Waals surface area (Å²) in [7, 11) is 0. The third-order valence-corrected chi connectivity index (χ3v) is 6.48. The molecular formula is C33H43N3O8. The summed E-state index contributed by atoms with van der Waals surface area (Å²) >= 11 is 0. The van der Waals surface area contributed by atoms with Crippen LogP contribution >= 0.6 is 0 Å². The van der Waals surface area contributed by atoms with E-state index in [0.717, 1.165) is 22.3 Å². The number of amides is 3. The van der Waals surface area contributed by atoms with Crippen molar-refractivity contribution in [3.8, 4) is 23.5 Å². The van der Waals surface area contributed by atoms with Crippen molar-refractivity contribution in [3.63, 3.8) is 0 Å². The number of nitrogens with one attached hydrogen (secondary N) is 3. The van der Waals surface area contributed by atoms with E-state index in [9.17, 15) is 14.4 Å². The smallest absolute Gasteiger partial charge is 0.407 e. The predicted molar refractivity (Wildman–Crippen MR) is 165 cm³/mol. The molecule has 1 aliphatic rings. The number of carbonyl (C=O) groups excluding carboxylic acids is 3. The van der Waals surface area contributed by atoms with Crippen LogP contribution in [0.25, 0.3) is 11.1 Å². The van der Waals surface area contributed by atoms with Crippen molar-refractivity contribution in [1.29, 1.82) is 0 Å². The molecule has 0 heterocycles. The molecule has 2 aromatic rings. The number of carbonyl (C=O) groups is 3. The van der Waals surface area contributed by atoms with Gasteiger partial charge in [-0.25, -0.2) is 9.59 Å². The molecule has 238 valence electrons. The molecule has 11 nitrogen and oxygen atoms in total. The van der Waals surface area contributed by atoms with Crippen LogP contribution in [0.3, 0.4) is 0 Å². The molecule has 0 aliphatic heterocycles. The molecule has 3 amide bonds. The number of hydrogen-bond donors (Lipinski definition) is 3. The molecule has 11 heteroatoms. The largest absolute Gasteiger partial charge is 0.449 e. The molecule has 0 fully saturated rings. The second-order valence-corrected chi connectivity index (χ2v) is 11.0. The van der Waals surface area contributed by atoms with Gasteiger partial charge in [-0.2, -0.15) is 0 Å². The van der Waals surface area contributed by atoms with Gasteiger partial charge in [0.2, 0.25) is 5.91 Å². The van der Waals surface area contributed by atoms with Crippen molar-refractivity contribution in [2.45, 2.75) is 44.8 Å². The Hall–Kier alpha value is -4.11. The van der Waals surface area contributed by atoms with Crippen LogP contribution in [0.1, 0.15) is 44.2 Å². The number of rotatable bonds is 17. The van der Waals surface area contributed by atoms with Crippen molar-refractivity contribution in [3.05, 3.63) is 59.7 Å². The Bertz CT molecular complexity index is 1220. The van der Waals surface area contributed by atoms with Gasteiger partial charge in [-0.3, -0.25) is 4.79 Å². The van der Waals surface area contributed by atoms with Crippen LogP contribution in [0.15, 0.2) is 48.5 Å². The predicted octanol–water partition coefficient (Wildman–Crippen LogP) is 3.61. The van der Waals surface area contributed by atoms with Gasteiger partial charge in [0.05, 0.1) is 39.6 Å². The highest BCUT2D eigenvalue weighted by atomic mass is 16.6. The van der Waals surface area contributed by atoms with Crippen LogP contribution in [-0.2, 0) is 28.5 Å². The molecule has 0 aromatic heterocycles. The Morgan fingerprint density at radius 2 is 1.32 bits per heavy atom. The number of alkyl carbamates (subject to hydrolysis) is 2. The summed E-state index contributed by atoms with van der Waals surface area (Å²) in [5, 5.41) is 7.91. The summed E-state index contributed by atoms with van der Waals surface area (Å²) in [5.41, 5.74) is 3.92. The average Bonchev–Trinajstić information content (AvgIpc) is 3.30. The van der Waals surface area contributed by atoms with Crippen molar-refractivity contribution < 1.29 is 38.1 Å². The van der Waals surface area contributed by atoms with Gasteiger partial charge >= 0.3 is 12.2 Å². The van der Waals surface area contributed by atoms with E-state index in [2.05, 4.69) is 34.0 Å². The molecule has 0 radical (unpaired) electrons. The zero-order chi connectivity index (χ0) is 31.8. The topological polar surface area (TPSA) is 133 Å². The van der Waals surface area contributed by atoms with Crippen LogP contribution in [-0.4, -0.2) is 89.1 Å². The third kappa shape index (κ3) is 11.5. The Kier molecular flexibility index (Phi) is 14.0.